The van der Waals surface area contributed by atoms with E-state index < -0.39 is 14.2 Å². The summed E-state index contributed by atoms with van der Waals surface area (Å²) in [5, 5.41) is 0. The van der Waals surface area contributed by atoms with Crippen LogP contribution in [-0.2, 0) is 4.74 Å². The third-order valence-electron chi connectivity index (χ3n) is 6.65. The van der Waals surface area contributed by atoms with Crippen molar-refractivity contribution in [3.05, 3.63) is 0 Å². The first-order chi connectivity index (χ1) is 9.80. The molecule has 0 N–H and O–H groups in total. The minimum absolute atomic E-state index is 0.114. The summed E-state index contributed by atoms with van der Waals surface area (Å²) in [5.74, 6) is 0.196. The molecule has 0 amide bonds. The summed E-state index contributed by atoms with van der Waals surface area (Å²) in [7, 11) is -1.56. The van der Waals surface area contributed by atoms with E-state index in [1.165, 1.54) is 12.8 Å². The lowest BCUT2D eigenvalue weighted by atomic mass is 9.84. The Kier molecular flexibility index (Phi) is 5.57. The van der Waals surface area contributed by atoms with Crippen LogP contribution in [0.2, 0.25) is 22.7 Å². The zero-order valence-corrected chi connectivity index (χ0v) is 15.9. The van der Waals surface area contributed by atoms with E-state index in [0.29, 0.717) is 16.6 Å². The quantitative estimate of drug-likeness (QED) is 0.569. The van der Waals surface area contributed by atoms with Gasteiger partial charge in [-0.05, 0) is 18.9 Å². The van der Waals surface area contributed by atoms with Gasteiger partial charge in [0.1, 0.15) is 6.17 Å². The van der Waals surface area contributed by atoms with Gasteiger partial charge in [0.25, 0.3) is 0 Å². The molecule has 2 fully saturated rings. The van der Waals surface area contributed by atoms with E-state index in [4.69, 9.17) is 4.74 Å². The molecule has 1 aliphatic heterocycles. The Labute approximate surface area is 132 Å². The molecule has 1 saturated heterocycles. The topological polar surface area (TPSA) is 9.23 Å². The standard InChI is InChI=1S/C18H35FOSi/c1-12(2)21(13(3)4,14(5)6)11-17-18(19)15-9-7-8-10-16(15)20-17/h12-18H,7-11H2,1-6H3/t15-,16+,17+,18-/m1/s1. The van der Waals surface area contributed by atoms with Crippen LogP contribution in [0.25, 0.3) is 0 Å². The van der Waals surface area contributed by atoms with Crippen molar-refractivity contribution < 1.29 is 9.13 Å². The first-order valence-electron chi connectivity index (χ1n) is 9.10. The molecule has 0 aromatic rings. The molecule has 2 aliphatic rings. The number of alkyl halides is 1. The summed E-state index contributed by atoms with van der Waals surface area (Å²) in [6.45, 7) is 14.2. The minimum atomic E-state index is -1.56. The Bertz CT molecular complexity index is 320. The number of fused-ring (bicyclic) bond motifs is 1. The van der Waals surface area contributed by atoms with Gasteiger partial charge >= 0.3 is 0 Å². The number of halogens is 1. The van der Waals surface area contributed by atoms with Gasteiger partial charge < -0.3 is 4.74 Å². The lowest BCUT2D eigenvalue weighted by Gasteiger charge is -2.45. The smallest absolute Gasteiger partial charge is 0.131 e. The molecule has 21 heavy (non-hydrogen) atoms. The van der Waals surface area contributed by atoms with E-state index in [2.05, 4.69) is 41.5 Å². The van der Waals surface area contributed by atoms with Crippen molar-refractivity contribution in [3.63, 3.8) is 0 Å². The van der Waals surface area contributed by atoms with Crippen LogP contribution in [-0.4, -0.2) is 26.5 Å². The highest BCUT2D eigenvalue weighted by Crippen LogP contribution is 2.49. The van der Waals surface area contributed by atoms with Crippen molar-refractivity contribution >= 4 is 8.07 Å². The Balaban J connectivity index is 2.17. The summed E-state index contributed by atoms with van der Waals surface area (Å²) in [6, 6.07) is 1.02. The highest BCUT2D eigenvalue weighted by Gasteiger charge is 2.51. The van der Waals surface area contributed by atoms with Crippen molar-refractivity contribution in [2.75, 3.05) is 0 Å². The second kappa shape index (κ2) is 6.70. The summed E-state index contributed by atoms with van der Waals surface area (Å²) in [5.41, 5.74) is 2.07. The van der Waals surface area contributed by atoms with Crippen molar-refractivity contribution in [1.29, 1.82) is 0 Å². The highest BCUT2D eigenvalue weighted by molar-refractivity contribution is 6.83. The zero-order valence-electron chi connectivity index (χ0n) is 14.9. The fourth-order valence-electron chi connectivity index (χ4n) is 5.45. The van der Waals surface area contributed by atoms with Crippen molar-refractivity contribution in [1.82, 2.24) is 0 Å². The van der Waals surface area contributed by atoms with Crippen LogP contribution >= 0.6 is 0 Å². The van der Waals surface area contributed by atoms with Crippen LogP contribution in [0, 0.1) is 5.92 Å². The van der Waals surface area contributed by atoms with Gasteiger partial charge in [0.2, 0.25) is 0 Å². The van der Waals surface area contributed by atoms with Crippen molar-refractivity contribution in [3.8, 4) is 0 Å². The van der Waals surface area contributed by atoms with Gasteiger partial charge in [-0.1, -0.05) is 71.0 Å². The average Bonchev–Trinajstić information content (AvgIpc) is 2.72. The molecule has 0 spiro atoms. The fraction of sp³-hybridized carbons (Fsp3) is 1.00. The molecular formula is C18H35FOSi. The van der Waals surface area contributed by atoms with E-state index in [1.54, 1.807) is 0 Å². The monoisotopic (exact) mass is 314 g/mol. The number of hydrogen-bond donors (Lipinski definition) is 0. The van der Waals surface area contributed by atoms with Crippen LogP contribution in [0.1, 0.15) is 67.2 Å². The van der Waals surface area contributed by atoms with Crippen LogP contribution in [0.5, 0.6) is 0 Å². The van der Waals surface area contributed by atoms with Gasteiger partial charge in [-0.15, -0.1) is 0 Å². The Hall–Kier alpha value is 0.107. The first kappa shape index (κ1) is 17.5. The SMILES string of the molecule is CC(C)[Si](C[C@@H]1O[C@H]2CCCC[C@H]2[C@H]1F)(C(C)C)C(C)C. The number of hydrogen-bond acceptors (Lipinski definition) is 1. The highest BCUT2D eigenvalue weighted by atomic mass is 28.3. The molecule has 1 aliphatic carbocycles. The maximum absolute atomic E-state index is 14.9. The van der Waals surface area contributed by atoms with E-state index in [1.807, 2.05) is 0 Å². The van der Waals surface area contributed by atoms with E-state index >= 15 is 0 Å². The molecule has 1 heterocycles. The molecule has 0 aromatic heterocycles. The predicted octanol–water partition coefficient (Wildman–Crippen LogP) is 5.96. The lowest BCUT2D eigenvalue weighted by molar-refractivity contribution is 0.0220. The molecule has 124 valence electrons. The Morgan fingerprint density at radius 3 is 1.95 bits per heavy atom. The van der Waals surface area contributed by atoms with Crippen LogP contribution in [0.15, 0.2) is 0 Å². The maximum atomic E-state index is 14.9. The number of ether oxygens (including phenoxy) is 1. The Morgan fingerprint density at radius 2 is 1.48 bits per heavy atom. The summed E-state index contributed by atoms with van der Waals surface area (Å²) in [4.78, 5) is 0. The minimum Gasteiger partial charge on any atom is -0.372 e. The summed E-state index contributed by atoms with van der Waals surface area (Å²) in [6.07, 6.45) is 3.94. The molecule has 1 nitrogen and oxygen atoms in total. The first-order valence-corrected chi connectivity index (χ1v) is 11.5. The molecule has 3 heteroatoms. The largest absolute Gasteiger partial charge is 0.372 e. The molecule has 0 radical (unpaired) electrons. The van der Waals surface area contributed by atoms with E-state index in [0.717, 1.165) is 18.9 Å². The fourth-order valence-corrected chi connectivity index (χ4v) is 11.9. The average molecular weight is 315 g/mol. The molecule has 4 atom stereocenters. The van der Waals surface area contributed by atoms with E-state index in [9.17, 15) is 4.39 Å². The van der Waals surface area contributed by atoms with Gasteiger partial charge in [-0.3, -0.25) is 0 Å². The molecule has 1 saturated carbocycles. The molecule has 0 aromatic carbocycles. The van der Waals surface area contributed by atoms with Gasteiger partial charge in [0.05, 0.1) is 20.3 Å². The van der Waals surface area contributed by atoms with Gasteiger partial charge in [0.15, 0.2) is 0 Å². The molecule has 2 rings (SSSR count). The third-order valence-corrected chi connectivity index (χ3v) is 14.2. The van der Waals surface area contributed by atoms with Gasteiger partial charge in [-0.25, -0.2) is 4.39 Å². The molecule has 0 bridgehead atoms. The van der Waals surface area contributed by atoms with E-state index in [-0.39, 0.29) is 18.1 Å². The summed E-state index contributed by atoms with van der Waals surface area (Å²) >= 11 is 0. The lowest BCUT2D eigenvalue weighted by Crippen LogP contribution is -2.48. The van der Waals surface area contributed by atoms with Crippen molar-refractivity contribution in [2.45, 2.75) is 108 Å². The van der Waals surface area contributed by atoms with Crippen LogP contribution in [0.3, 0.4) is 0 Å². The molecule has 0 unspecified atom stereocenters. The third kappa shape index (κ3) is 3.10. The second-order valence-corrected chi connectivity index (χ2v) is 14.5. The van der Waals surface area contributed by atoms with Gasteiger partial charge in [0, 0.05) is 5.92 Å². The zero-order chi connectivity index (χ0) is 15.8. The normalized spacial score (nSPS) is 34.0. The van der Waals surface area contributed by atoms with Gasteiger partial charge in [-0.2, -0.15) is 0 Å². The maximum Gasteiger partial charge on any atom is 0.131 e. The number of rotatable bonds is 5. The Morgan fingerprint density at radius 1 is 0.952 bits per heavy atom. The molecular weight excluding hydrogens is 279 g/mol. The summed E-state index contributed by atoms with van der Waals surface area (Å²) < 4.78 is 21.2. The van der Waals surface area contributed by atoms with Crippen LogP contribution in [0.4, 0.5) is 4.39 Å². The van der Waals surface area contributed by atoms with Crippen molar-refractivity contribution in [2.24, 2.45) is 5.92 Å². The van der Waals surface area contributed by atoms with Crippen LogP contribution < -0.4 is 0 Å². The predicted molar refractivity (Wildman–Crippen MR) is 91.4 cm³/mol. The second-order valence-electron chi connectivity index (χ2n) is 8.39.